The Kier molecular flexibility index (Phi) is 4.77. The van der Waals surface area contributed by atoms with Crippen LogP contribution in [0.4, 0.5) is 0 Å². The first-order valence-electron chi connectivity index (χ1n) is 7.17. The number of methoxy groups -OCH3 is 1. The molecule has 0 fully saturated rings. The molecule has 7 heteroatoms. The Hall–Kier alpha value is -2.86. The van der Waals surface area contributed by atoms with Crippen molar-refractivity contribution in [1.29, 1.82) is 0 Å². The fourth-order valence-corrected chi connectivity index (χ4v) is 2.24. The first-order valence-corrected chi connectivity index (χ1v) is 7.54. The highest BCUT2D eigenvalue weighted by molar-refractivity contribution is 6.30. The van der Waals surface area contributed by atoms with Crippen molar-refractivity contribution in [3.05, 3.63) is 65.0 Å². The molecule has 0 bridgehead atoms. The molecule has 1 amide bonds. The Bertz CT molecular complexity index is 846. The molecule has 1 heterocycles. The molecular weight excluding hydrogens is 330 g/mol. The Morgan fingerprint density at radius 1 is 1.17 bits per heavy atom. The SMILES string of the molecule is COc1ccccc1-c1nnc(CNC(=O)c2ccc(Cl)cc2)o1. The van der Waals surface area contributed by atoms with Crippen molar-refractivity contribution in [2.75, 3.05) is 7.11 Å². The predicted octanol–water partition coefficient (Wildman–Crippen LogP) is 3.33. The molecule has 0 aliphatic rings. The molecule has 0 saturated heterocycles. The molecule has 0 aliphatic heterocycles. The molecule has 0 radical (unpaired) electrons. The van der Waals surface area contributed by atoms with Gasteiger partial charge in [-0.1, -0.05) is 23.7 Å². The van der Waals surface area contributed by atoms with E-state index in [1.54, 1.807) is 31.4 Å². The van der Waals surface area contributed by atoms with Gasteiger partial charge in [-0.25, -0.2) is 0 Å². The quantitative estimate of drug-likeness (QED) is 0.768. The van der Waals surface area contributed by atoms with E-state index in [0.717, 1.165) is 0 Å². The van der Waals surface area contributed by atoms with E-state index >= 15 is 0 Å². The van der Waals surface area contributed by atoms with Crippen molar-refractivity contribution in [3.8, 4) is 17.2 Å². The lowest BCUT2D eigenvalue weighted by molar-refractivity contribution is 0.0947. The summed E-state index contributed by atoms with van der Waals surface area (Å²) in [6, 6.07) is 13.9. The molecule has 0 unspecified atom stereocenters. The monoisotopic (exact) mass is 343 g/mol. The number of para-hydroxylation sites is 1. The van der Waals surface area contributed by atoms with Crippen LogP contribution in [-0.2, 0) is 6.54 Å². The van der Waals surface area contributed by atoms with E-state index in [1.807, 2.05) is 24.3 Å². The maximum absolute atomic E-state index is 12.0. The summed E-state index contributed by atoms with van der Waals surface area (Å²) in [7, 11) is 1.57. The molecular formula is C17H14ClN3O3. The molecule has 0 spiro atoms. The number of benzene rings is 2. The van der Waals surface area contributed by atoms with Crippen LogP contribution in [0.25, 0.3) is 11.5 Å². The number of carbonyl (C=O) groups is 1. The van der Waals surface area contributed by atoms with Gasteiger partial charge in [-0.2, -0.15) is 0 Å². The molecule has 122 valence electrons. The number of halogens is 1. The van der Waals surface area contributed by atoms with Gasteiger partial charge in [0.1, 0.15) is 5.75 Å². The average Bonchev–Trinajstić information content (AvgIpc) is 3.09. The van der Waals surface area contributed by atoms with Gasteiger partial charge < -0.3 is 14.5 Å². The molecule has 1 N–H and O–H groups in total. The van der Waals surface area contributed by atoms with Gasteiger partial charge in [0.15, 0.2) is 0 Å². The molecule has 2 aromatic carbocycles. The number of rotatable bonds is 5. The number of nitrogens with zero attached hydrogens (tertiary/aromatic N) is 2. The van der Waals surface area contributed by atoms with Gasteiger partial charge in [-0.05, 0) is 36.4 Å². The van der Waals surface area contributed by atoms with Gasteiger partial charge in [0.2, 0.25) is 5.89 Å². The highest BCUT2D eigenvalue weighted by atomic mass is 35.5. The van der Waals surface area contributed by atoms with Crippen LogP contribution < -0.4 is 10.1 Å². The van der Waals surface area contributed by atoms with Gasteiger partial charge in [0.05, 0.1) is 19.2 Å². The summed E-state index contributed by atoms with van der Waals surface area (Å²) in [4.78, 5) is 12.0. The van der Waals surface area contributed by atoms with Crippen molar-refractivity contribution in [2.45, 2.75) is 6.54 Å². The van der Waals surface area contributed by atoms with Gasteiger partial charge in [0.25, 0.3) is 11.8 Å². The highest BCUT2D eigenvalue weighted by Gasteiger charge is 2.14. The van der Waals surface area contributed by atoms with Gasteiger partial charge in [-0.3, -0.25) is 4.79 Å². The standard InChI is InChI=1S/C17H14ClN3O3/c1-23-14-5-3-2-4-13(14)17-21-20-15(24-17)10-19-16(22)11-6-8-12(18)9-7-11/h2-9H,10H2,1H3,(H,19,22). The van der Waals surface area contributed by atoms with Crippen LogP contribution in [0.2, 0.25) is 5.02 Å². The topological polar surface area (TPSA) is 77.3 Å². The summed E-state index contributed by atoms with van der Waals surface area (Å²) in [6.07, 6.45) is 0. The smallest absolute Gasteiger partial charge is 0.251 e. The van der Waals surface area contributed by atoms with E-state index in [9.17, 15) is 4.79 Å². The van der Waals surface area contributed by atoms with Gasteiger partial charge in [0, 0.05) is 10.6 Å². The van der Waals surface area contributed by atoms with Crippen LogP contribution in [0.5, 0.6) is 5.75 Å². The summed E-state index contributed by atoms with van der Waals surface area (Å²) < 4.78 is 10.8. The number of aromatic nitrogens is 2. The summed E-state index contributed by atoms with van der Waals surface area (Å²) in [5, 5.41) is 11.2. The lowest BCUT2D eigenvalue weighted by atomic mass is 10.2. The fourth-order valence-electron chi connectivity index (χ4n) is 2.11. The maximum atomic E-state index is 12.0. The van der Waals surface area contributed by atoms with Crippen molar-refractivity contribution < 1.29 is 13.9 Å². The summed E-state index contributed by atoms with van der Waals surface area (Å²) in [5.74, 6) is 1.03. The molecule has 0 aliphatic carbocycles. The molecule has 6 nitrogen and oxygen atoms in total. The Morgan fingerprint density at radius 3 is 2.67 bits per heavy atom. The Morgan fingerprint density at radius 2 is 1.92 bits per heavy atom. The van der Waals surface area contributed by atoms with Crippen LogP contribution >= 0.6 is 11.6 Å². The van der Waals surface area contributed by atoms with E-state index in [1.165, 1.54) is 0 Å². The Labute approximate surface area is 143 Å². The van der Waals surface area contributed by atoms with Crippen LogP contribution in [0.15, 0.2) is 52.9 Å². The average molecular weight is 344 g/mol. The Balaban J connectivity index is 1.68. The molecule has 24 heavy (non-hydrogen) atoms. The first kappa shape index (κ1) is 16.0. The van der Waals surface area contributed by atoms with Crippen LogP contribution in [-0.4, -0.2) is 23.2 Å². The van der Waals surface area contributed by atoms with Gasteiger partial charge >= 0.3 is 0 Å². The van der Waals surface area contributed by atoms with Crippen molar-refractivity contribution in [2.24, 2.45) is 0 Å². The normalized spacial score (nSPS) is 10.4. The number of ether oxygens (including phenoxy) is 1. The second-order valence-corrected chi connectivity index (χ2v) is 5.33. The third kappa shape index (κ3) is 3.55. The number of nitrogens with one attached hydrogen (secondary N) is 1. The zero-order valence-corrected chi connectivity index (χ0v) is 13.6. The van der Waals surface area contributed by atoms with E-state index in [-0.39, 0.29) is 12.5 Å². The lowest BCUT2D eigenvalue weighted by Gasteiger charge is -2.04. The number of amides is 1. The van der Waals surface area contributed by atoms with Crippen molar-refractivity contribution >= 4 is 17.5 Å². The highest BCUT2D eigenvalue weighted by Crippen LogP contribution is 2.28. The molecule has 3 aromatic rings. The minimum Gasteiger partial charge on any atom is -0.496 e. The zero-order valence-electron chi connectivity index (χ0n) is 12.8. The molecule has 0 atom stereocenters. The van der Waals surface area contributed by atoms with E-state index in [4.69, 9.17) is 20.8 Å². The second-order valence-electron chi connectivity index (χ2n) is 4.89. The number of hydrogen-bond acceptors (Lipinski definition) is 5. The lowest BCUT2D eigenvalue weighted by Crippen LogP contribution is -2.22. The summed E-state index contributed by atoms with van der Waals surface area (Å²) in [5.41, 5.74) is 1.20. The minimum absolute atomic E-state index is 0.129. The summed E-state index contributed by atoms with van der Waals surface area (Å²) >= 11 is 5.80. The van der Waals surface area contributed by atoms with Gasteiger partial charge in [-0.15, -0.1) is 10.2 Å². The zero-order chi connectivity index (χ0) is 16.9. The molecule has 0 saturated carbocycles. The van der Waals surface area contributed by atoms with Crippen LogP contribution in [0, 0.1) is 0 Å². The third-order valence-electron chi connectivity index (χ3n) is 3.31. The van der Waals surface area contributed by atoms with E-state index < -0.39 is 0 Å². The maximum Gasteiger partial charge on any atom is 0.251 e. The number of hydrogen-bond donors (Lipinski definition) is 1. The summed E-state index contributed by atoms with van der Waals surface area (Å²) in [6.45, 7) is 0.129. The van der Waals surface area contributed by atoms with Crippen molar-refractivity contribution in [1.82, 2.24) is 15.5 Å². The predicted molar refractivity (Wildman–Crippen MR) is 88.9 cm³/mol. The minimum atomic E-state index is -0.247. The third-order valence-corrected chi connectivity index (χ3v) is 3.56. The first-order chi connectivity index (χ1) is 11.7. The molecule has 3 rings (SSSR count). The van der Waals surface area contributed by atoms with Crippen molar-refractivity contribution in [3.63, 3.8) is 0 Å². The molecule has 1 aromatic heterocycles. The van der Waals surface area contributed by atoms with E-state index in [0.29, 0.717) is 33.7 Å². The fraction of sp³-hybridized carbons (Fsp3) is 0.118. The number of carbonyl (C=O) groups excluding carboxylic acids is 1. The second kappa shape index (κ2) is 7.14. The van der Waals surface area contributed by atoms with Crippen LogP contribution in [0.1, 0.15) is 16.2 Å². The van der Waals surface area contributed by atoms with Crippen LogP contribution in [0.3, 0.4) is 0 Å². The largest absolute Gasteiger partial charge is 0.496 e. The van der Waals surface area contributed by atoms with E-state index in [2.05, 4.69) is 15.5 Å².